The molecule has 1 aliphatic carbocycles. The standard InChI is InChI=1S/C15H14Cl2/c1-11(2)14-9-8-13(10-15(14,16)17)12-6-4-3-5-7-12/h3-10H,1-2H3. The number of hydrogen-bond acceptors (Lipinski definition) is 0. The Labute approximate surface area is 112 Å². The minimum atomic E-state index is -0.932. The van der Waals surface area contributed by atoms with Gasteiger partial charge in [0.25, 0.3) is 0 Å². The highest BCUT2D eigenvalue weighted by atomic mass is 35.5. The summed E-state index contributed by atoms with van der Waals surface area (Å²) in [5.41, 5.74) is 4.28. The number of alkyl halides is 2. The molecule has 0 N–H and O–H groups in total. The summed E-state index contributed by atoms with van der Waals surface area (Å²) in [6.07, 6.45) is 5.95. The first-order chi connectivity index (χ1) is 8.00. The zero-order chi connectivity index (χ0) is 12.5. The predicted octanol–water partition coefficient (Wildman–Crippen LogP) is 5.15. The molecule has 0 saturated carbocycles. The van der Waals surface area contributed by atoms with E-state index in [-0.39, 0.29) is 0 Å². The molecule has 0 radical (unpaired) electrons. The van der Waals surface area contributed by atoms with Crippen LogP contribution in [-0.4, -0.2) is 4.33 Å². The van der Waals surface area contributed by atoms with Crippen LogP contribution in [0.1, 0.15) is 19.4 Å². The third-order valence-electron chi connectivity index (χ3n) is 2.77. The topological polar surface area (TPSA) is 0 Å². The highest BCUT2D eigenvalue weighted by Gasteiger charge is 2.29. The van der Waals surface area contributed by atoms with Gasteiger partial charge in [-0.2, -0.15) is 0 Å². The van der Waals surface area contributed by atoms with Crippen molar-refractivity contribution >= 4 is 28.8 Å². The number of allylic oxidation sites excluding steroid dienone is 6. The van der Waals surface area contributed by atoms with Gasteiger partial charge in [0.05, 0.1) is 0 Å². The van der Waals surface area contributed by atoms with Crippen LogP contribution in [0.2, 0.25) is 0 Å². The van der Waals surface area contributed by atoms with Gasteiger partial charge >= 0.3 is 0 Å². The summed E-state index contributed by atoms with van der Waals surface area (Å²) in [7, 11) is 0. The summed E-state index contributed by atoms with van der Waals surface area (Å²) >= 11 is 12.7. The first-order valence-corrected chi connectivity index (χ1v) is 6.28. The molecular weight excluding hydrogens is 251 g/mol. The second-order valence-electron chi connectivity index (χ2n) is 4.34. The van der Waals surface area contributed by atoms with Crippen molar-refractivity contribution < 1.29 is 0 Å². The molecule has 88 valence electrons. The summed E-state index contributed by atoms with van der Waals surface area (Å²) in [5, 5.41) is 0. The molecule has 0 fully saturated rings. The van der Waals surface area contributed by atoms with Crippen molar-refractivity contribution in [2.75, 3.05) is 0 Å². The molecule has 1 aromatic carbocycles. The molecule has 2 heteroatoms. The van der Waals surface area contributed by atoms with Gasteiger partial charge in [0, 0.05) is 0 Å². The fraction of sp³-hybridized carbons (Fsp3) is 0.200. The molecule has 17 heavy (non-hydrogen) atoms. The van der Waals surface area contributed by atoms with Crippen LogP contribution in [0.5, 0.6) is 0 Å². The van der Waals surface area contributed by atoms with E-state index >= 15 is 0 Å². The average Bonchev–Trinajstić information content (AvgIpc) is 2.28. The van der Waals surface area contributed by atoms with Crippen molar-refractivity contribution in [3.8, 4) is 0 Å². The van der Waals surface area contributed by atoms with Crippen LogP contribution in [0.3, 0.4) is 0 Å². The maximum Gasteiger partial charge on any atom is 0.162 e. The zero-order valence-electron chi connectivity index (χ0n) is 9.87. The smallest absolute Gasteiger partial charge is 0.0916 e. The molecule has 0 nitrogen and oxygen atoms in total. The van der Waals surface area contributed by atoms with Gasteiger partial charge in [-0.15, -0.1) is 0 Å². The van der Waals surface area contributed by atoms with Crippen LogP contribution in [0.25, 0.3) is 5.57 Å². The van der Waals surface area contributed by atoms with E-state index in [2.05, 4.69) is 6.08 Å². The Balaban J connectivity index is 2.44. The Bertz CT molecular complexity index is 501. The van der Waals surface area contributed by atoms with E-state index in [0.29, 0.717) is 0 Å². The Hall–Kier alpha value is -0.980. The minimum Gasteiger partial charge on any atom is -0.0916 e. The van der Waals surface area contributed by atoms with Gasteiger partial charge < -0.3 is 0 Å². The van der Waals surface area contributed by atoms with Crippen molar-refractivity contribution in [2.24, 2.45) is 0 Å². The lowest BCUT2D eigenvalue weighted by Gasteiger charge is -2.24. The first-order valence-electron chi connectivity index (χ1n) is 5.53. The summed E-state index contributed by atoms with van der Waals surface area (Å²) in [6.45, 7) is 4.03. The molecule has 0 spiro atoms. The largest absolute Gasteiger partial charge is 0.162 e. The predicted molar refractivity (Wildman–Crippen MR) is 76.4 cm³/mol. The highest BCUT2D eigenvalue weighted by molar-refractivity contribution is 6.52. The molecule has 0 saturated heterocycles. The van der Waals surface area contributed by atoms with Crippen LogP contribution >= 0.6 is 23.2 Å². The monoisotopic (exact) mass is 264 g/mol. The Morgan fingerprint density at radius 3 is 2.18 bits per heavy atom. The van der Waals surface area contributed by atoms with Gasteiger partial charge in [0.15, 0.2) is 4.33 Å². The number of halogens is 2. The lowest BCUT2D eigenvalue weighted by atomic mass is 9.94. The third-order valence-corrected chi connectivity index (χ3v) is 3.40. The van der Waals surface area contributed by atoms with E-state index < -0.39 is 4.33 Å². The quantitative estimate of drug-likeness (QED) is 0.616. The summed E-state index contributed by atoms with van der Waals surface area (Å²) in [4.78, 5) is 0. The third kappa shape index (κ3) is 2.65. The number of rotatable bonds is 1. The molecule has 0 aromatic heterocycles. The van der Waals surface area contributed by atoms with Crippen molar-refractivity contribution in [1.29, 1.82) is 0 Å². The van der Waals surface area contributed by atoms with Gasteiger partial charge in [-0.1, -0.05) is 71.3 Å². The first kappa shape index (κ1) is 12.5. The molecule has 0 atom stereocenters. The molecule has 0 heterocycles. The second-order valence-corrected chi connectivity index (χ2v) is 5.72. The maximum absolute atomic E-state index is 6.36. The van der Waals surface area contributed by atoms with Crippen LogP contribution < -0.4 is 0 Å². The van der Waals surface area contributed by atoms with Crippen molar-refractivity contribution in [2.45, 2.75) is 18.2 Å². The van der Waals surface area contributed by atoms with E-state index in [0.717, 1.165) is 22.3 Å². The van der Waals surface area contributed by atoms with Crippen molar-refractivity contribution in [3.05, 3.63) is 65.3 Å². The maximum atomic E-state index is 6.36. The van der Waals surface area contributed by atoms with Gasteiger partial charge in [-0.05, 0) is 36.6 Å². The van der Waals surface area contributed by atoms with Gasteiger partial charge in [0.1, 0.15) is 0 Å². The normalized spacial score (nSPS) is 17.9. The summed E-state index contributed by atoms with van der Waals surface area (Å²) in [6, 6.07) is 10.1. The van der Waals surface area contributed by atoms with E-state index in [9.17, 15) is 0 Å². The van der Waals surface area contributed by atoms with Gasteiger partial charge in [-0.25, -0.2) is 0 Å². The molecule has 1 aromatic rings. The van der Waals surface area contributed by atoms with Crippen LogP contribution in [0.15, 0.2) is 59.7 Å². The lowest BCUT2D eigenvalue weighted by Crippen LogP contribution is -2.16. The van der Waals surface area contributed by atoms with Gasteiger partial charge in [-0.3, -0.25) is 0 Å². The number of benzene rings is 1. The molecular formula is C15H14Cl2. The van der Waals surface area contributed by atoms with Crippen molar-refractivity contribution in [3.63, 3.8) is 0 Å². The second kappa shape index (κ2) is 4.72. The van der Waals surface area contributed by atoms with Crippen LogP contribution in [-0.2, 0) is 0 Å². The zero-order valence-corrected chi connectivity index (χ0v) is 11.4. The fourth-order valence-electron chi connectivity index (χ4n) is 1.92. The minimum absolute atomic E-state index is 0.932. The molecule has 0 unspecified atom stereocenters. The van der Waals surface area contributed by atoms with Crippen molar-refractivity contribution in [1.82, 2.24) is 0 Å². The SMILES string of the molecule is CC(C)=C1C=CC(c2ccccc2)=CC1(Cl)Cl. The molecule has 0 amide bonds. The Morgan fingerprint density at radius 2 is 1.65 bits per heavy atom. The van der Waals surface area contributed by atoms with Crippen LogP contribution in [0.4, 0.5) is 0 Å². The lowest BCUT2D eigenvalue weighted by molar-refractivity contribution is 1.11. The van der Waals surface area contributed by atoms with E-state index in [1.54, 1.807) is 0 Å². The summed E-state index contributed by atoms with van der Waals surface area (Å²) < 4.78 is -0.932. The van der Waals surface area contributed by atoms with E-state index in [4.69, 9.17) is 23.2 Å². The average molecular weight is 265 g/mol. The molecule has 0 aliphatic heterocycles. The van der Waals surface area contributed by atoms with E-state index in [1.165, 1.54) is 0 Å². The Morgan fingerprint density at radius 1 is 1.00 bits per heavy atom. The van der Waals surface area contributed by atoms with Gasteiger partial charge in [0.2, 0.25) is 0 Å². The molecule has 1 aliphatic rings. The summed E-state index contributed by atoms with van der Waals surface area (Å²) in [5.74, 6) is 0. The van der Waals surface area contributed by atoms with Crippen LogP contribution in [0, 0.1) is 0 Å². The van der Waals surface area contributed by atoms with E-state index in [1.807, 2.05) is 56.3 Å². The highest BCUT2D eigenvalue weighted by Crippen LogP contribution is 2.40. The Kier molecular flexibility index (Phi) is 3.46. The molecule has 0 bridgehead atoms. The number of hydrogen-bond donors (Lipinski definition) is 0. The fourth-order valence-corrected chi connectivity index (χ4v) is 2.65. The molecule has 2 rings (SSSR count).